The van der Waals surface area contributed by atoms with Crippen molar-refractivity contribution < 1.29 is 0 Å². The molecule has 2 nitrogen and oxygen atoms in total. The first-order valence-electron chi connectivity index (χ1n) is 5.80. The van der Waals surface area contributed by atoms with E-state index in [0.717, 1.165) is 6.54 Å². The third-order valence-corrected chi connectivity index (χ3v) is 3.54. The Balaban J connectivity index is 2.46. The van der Waals surface area contributed by atoms with E-state index in [0.29, 0.717) is 0 Å². The second-order valence-electron chi connectivity index (χ2n) is 4.43. The summed E-state index contributed by atoms with van der Waals surface area (Å²) in [6, 6.07) is 8.68. The van der Waals surface area contributed by atoms with Gasteiger partial charge in [-0.25, -0.2) is 0 Å². The lowest BCUT2D eigenvalue weighted by Crippen LogP contribution is -2.14. The van der Waals surface area contributed by atoms with Crippen LogP contribution in [0.15, 0.2) is 35.5 Å². The number of aromatic nitrogens is 1. The number of hydrogen-bond acceptors (Lipinski definition) is 1. The van der Waals surface area contributed by atoms with Crippen LogP contribution in [0.2, 0.25) is 0 Å². The minimum Gasteiger partial charge on any atom is -0.359 e. The molecule has 1 N–H and O–H groups in total. The van der Waals surface area contributed by atoms with Crippen molar-refractivity contribution in [1.29, 1.82) is 0 Å². The van der Waals surface area contributed by atoms with Gasteiger partial charge >= 0.3 is 0 Å². The third kappa shape index (κ3) is 0.896. The molecule has 0 spiro atoms. The Hall–Kier alpha value is -1.83. The van der Waals surface area contributed by atoms with E-state index >= 15 is 0 Å². The van der Waals surface area contributed by atoms with Gasteiger partial charge in [-0.2, -0.15) is 0 Å². The predicted octanol–water partition coefficient (Wildman–Crippen LogP) is 2.18. The molecule has 0 atom stereocenters. The lowest BCUT2D eigenvalue weighted by Gasteiger charge is -2.03. The Morgan fingerprint density at radius 3 is 3.19 bits per heavy atom. The monoisotopic (exact) mass is 208 g/mol. The Morgan fingerprint density at radius 2 is 2.19 bits per heavy atom. The highest BCUT2D eigenvalue weighted by atomic mass is 14.8. The Morgan fingerprint density at radius 1 is 1.19 bits per heavy atom. The van der Waals surface area contributed by atoms with Crippen LogP contribution in [-0.2, 0) is 6.42 Å². The van der Waals surface area contributed by atoms with Crippen molar-refractivity contribution in [3.63, 3.8) is 0 Å². The zero-order chi connectivity index (χ0) is 10.5. The van der Waals surface area contributed by atoms with Crippen LogP contribution >= 0.6 is 0 Å². The molecule has 1 aromatic carbocycles. The molecule has 78 valence electrons. The van der Waals surface area contributed by atoms with E-state index in [1.807, 2.05) is 6.20 Å². The number of fused-ring (bicyclic) bond motifs is 3. The second kappa shape index (κ2) is 2.85. The minimum absolute atomic E-state index is 0.969. The van der Waals surface area contributed by atoms with Crippen LogP contribution < -0.4 is 5.36 Å². The van der Waals surface area contributed by atoms with Gasteiger partial charge in [0, 0.05) is 18.0 Å². The van der Waals surface area contributed by atoms with Gasteiger partial charge in [0.1, 0.15) is 0 Å². The number of rotatable bonds is 0. The highest BCUT2D eigenvalue weighted by Gasteiger charge is 2.13. The quantitative estimate of drug-likeness (QED) is 0.586. The molecule has 16 heavy (non-hydrogen) atoms. The number of hydrogen-bond donors (Lipinski definition) is 1. The fraction of sp³-hybridized carbons (Fsp3) is 0.214. The van der Waals surface area contributed by atoms with E-state index in [4.69, 9.17) is 0 Å². The molecule has 0 aromatic heterocycles. The summed E-state index contributed by atoms with van der Waals surface area (Å²) in [7, 11) is 0. The summed E-state index contributed by atoms with van der Waals surface area (Å²) < 4.78 is 0. The average molecular weight is 208 g/mol. The number of nitrogens with zero attached hydrogens (tertiary/aromatic N) is 1. The first-order chi connectivity index (χ1) is 7.95. The maximum Gasteiger partial charge on any atom is 0.0853 e. The lowest BCUT2D eigenvalue weighted by atomic mass is 10.1. The summed E-state index contributed by atoms with van der Waals surface area (Å²) >= 11 is 0. The number of aryl methyl sites for hydroxylation is 1. The van der Waals surface area contributed by atoms with Crippen molar-refractivity contribution >= 4 is 10.8 Å². The van der Waals surface area contributed by atoms with Crippen molar-refractivity contribution in [2.24, 2.45) is 4.99 Å². The molecule has 0 radical (unpaired) electrons. The summed E-state index contributed by atoms with van der Waals surface area (Å²) in [6.07, 6.45) is 4.37. The molecule has 0 amide bonds. The Kier molecular flexibility index (Phi) is 1.48. The van der Waals surface area contributed by atoms with Gasteiger partial charge in [0.05, 0.1) is 10.7 Å². The Bertz CT molecular complexity index is 782. The van der Waals surface area contributed by atoms with E-state index in [2.05, 4.69) is 34.2 Å². The zero-order valence-electron chi connectivity index (χ0n) is 8.96. The molecule has 1 aromatic rings. The summed E-state index contributed by atoms with van der Waals surface area (Å²) in [4.78, 5) is 8.04. The number of nitrogens with one attached hydrogen (secondary N) is 1. The molecular formula is C14H12N2. The van der Waals surface area contributed by atoms with E-state index in [-0.39, 0.29) is 0 Å². The average Bonchev–Trinajstić information content (AvgIpc) is 2.68. The fourth-order valence-electron chi connectivity index (χ4n) is 2.87. The van der Waals surface area contributed by atoms with Crippen molar-refractivity contribution in [3.8, 4) is 0 Å². The molecule has 2 aliphatic heterocycles. The van der Waals surface area contributed by atoms with Crippen LogP contribution in [0.4, 0.5) is 0 Å². The van der Waals surface area contributed by atoms with Gasteiger partial charge in [0.25, 0.3) is 0 Å². The van der Waals surface area contributed by atoms with Gasteiger partial charge in [-0.1, -0.05) is 18.2 Å². The van der Waals surface area contributed by atoms with E-state index in [9.17, 15) is 0 Å². The smallest absolute Gasteiger partial charge is 0.0853 e. The van der Waals surface area contributed by atoms with Crippen LogP contribution in [0.3, 0.4) is 0 Å². The van der Waals surface area contributed by atoms with Crippen LogP contribution in [-0.4, -0.2) is 11.5 Å². The highest BCUT2D eigenvalue weighted by Crippen LogP contribution is 2.20. The van der Waals surface area contributed by atoms with Crippen molar-refractivity contribution in [1.82, 2.24) is 4.98 Å². The first-order valence-corrected chi connectivity index (χ1v) is 5.80. The molecule has 2 heterocycles. The third-order valence-electron chi connectivity index (χ3n) is 3.54. The normalized spacial score (nSPS) is 15.2. The van der Waals surface area contributed by atoms with Gasteiger partial charge in [-0.3, -0.25) is 4.99 Å². The van der Waals surface area contributed by atoms with E-state index < -0.39 is 0 Å². The summed E-state index contributed by atoms with van der Waals surface area (Å²) in [5.41, 5.74) is 1.44. The molecule has 0 fully saturated rings. The molecule has 3 aliphatic rings. The minimum atomic E-state index is 0.969. The van der Waals surface area contributed by atoms with Crippen molar-refractivity contribution in [2.75, 3.05) is 6.54 Å². The predicted molar refractivity (Wildman–Crippen MR) is 63.5 cm³/mol. The maximum absolute atomic E-state index is 4.68. The molecule has 2 heteroatoms. The summed E-state index contributed by atoms with van der Waals surface area (Å²) in [5.74, 6) is 0. The van der Waals surface area contributed by atoms with Crippen LogP contribution in [0.1, 0.15) is 12.0 Å². The van der Waals surface area contributed by atoms with Gasteiger partial charge in [-0.15, -0.1) is 0 Å². The SMILES string of the molecule is c1cc2cc[nH]c3c4c(c(c1)c2=3)CCCN=4. The van der Waals surface area contributed by atoms with Crippen LogP contribution in [0.5, 0.6) is 0 Å². The van der Waals surface area contributed by atoms with Crippen molar-refractivity contribution in [3.05, 3.63) is 52.0 Å². The fourth-order valence-corrected chi connectivity index (χ4v) is 2.87. The molecule has 0 saturated heterocycles. The van der Waals surface area contributed by atoms with Gasteiger partial charge < -0.3 is 4.98 Å². The summed E-state index contributed by atoms with van der Waals surface area (Å²) in [6.45, 7) is 0.969. The summed E-state index contributed by atoms with van der Waals surface area (Å²) in [5, 5.41) is 6.50. The molecular weight excluding hydrogens is 196 g/mol. The standard InChI is InChI=1S/C14H12N2/c1-3-9-6-8-16-14-12(9)10(4-1)11-5-2-7-15-13(11)14/h1,3-4,6,8,16H,2,5,7H2. The first kappa shape index (κ1) is 8.34. The van der Waals surface area contributed by atoms with Gasteiger partial charge in [0.2, 0.25) is 0 Å². The van der Waals surface area contributed by atoms with E-state index in [1.54, 1.807) is 0 Å². The van der Waals surface area contributed by atoms with Gasteiger partial charge in [0.15, 0.2) is 0 Å². The topological polar surface area (TPSA) is 28.1 Å². The van der Waals surface area contributed by atoms with Gasteiger partial charge in [-0.05, 0) is 35.2 Å². The molecule has 1 aliphatic carbocycles. The number of benzene rings is 1. The van der Waals surface area contributed by atoms with Crippen molar-refractivity contribution in [2.45, 2.75) is 12.8 Å². The lowest BCUT2D eigenvalue weighted by molar-refractivity contribution is 0.773. The van der Waals surface area contributed by atoms with Crippen LogP contribution in [0, 0.1) is 10.6 Å². The number of aromatic amines is 1. The van der Waals surface area contributed by atoms with E-state index in [1.165, 1.54) is 45.1 Å². The number of H-pyrrole nitrogens is 1. The maximum atomic E-state index is 4.68. The second-order valence-corrected chi connectivity index (χ2v) is 4.43. The molecule has 0 bridgehead atoms. The zero-order valence-corrected chi connectivity index (χ0v) is 8.96. The van der Waals surface area contributed by atoms with Crippen LogP contribution in [0.25, 0.3) is 10.8 Å². The largest absolute Gasteiger partial charge is 0.359 e. The molecule has 4 rings (SSSR count). The Labute approximate surface area is 92.6 Å². The molecule has 0 saturated carbocycles. The molecule has 0 unspecified atom stereocenters. The highest BCUT2D eigenvalue weighted by molar-refractivity contribution is 5.74.